The van der Waals surface area contributed by atoms with E-state index in [0.717, 1.165) is 0 Å². The van der Waals surface area contributed by atoms with Gasteiger partial charge in [0.15, 0.2) is 21.9 Å². The molecule has 0 spiro atoms. The Morgan fingerprint density at radius 2 is 2.06 bits per heavy atom. The SMILES string of the molecule is COc1ccc2ccoc2c1S(=O)(=O)Nc1noc2cc(Cn3cccn3)nc(OC)c12. The van der Waals surface area contributed by atoms with Crippen molar-refractivity contribution >= 4 is 37.8 Å². The minimum absolute atomic E-state index is 0.0689. The largest absolute Gasteiger partial charge is 0.495 e. The van der Waals surface area contributed by atoms with Crippen molar-refractivity contribution in [2.75, 3.05) is 18.9 Å². The van der Waals surface area contributed by atoms with Gasteiger partial charge in [-0.15, -0.1) is 0 Å². The number of anilines is 1. The number of methoxy groups -OCH3 is 2. The molecule has 4 aromatic heterocycles. The molecular formula is C20H17N5O6S. The maximum Gasteiger partial charge on any atom is 0.270 e. The molecule has 0 saturated carbocycles. The van der Waals surface area contributed by atoms with Crippen LogP contribution in [0.4, 0.5) is 5.82 Å². The molecule has 11 nitrogen and oxygen atoms in total. The molecule has 4 heterocycles. The normalized spacial score (nSPS) is 11.8. The van der Waals surface area contributed by atoms with Gasteiger partial charge in [-0.3, -0.25) is 9.40 Å². The van der Waals surface area contributed by atoms with Gasteiger partial charge in [-0.1, -0.05) is 5.16 Å². The summed E-state index contributed by atoms with van der Waals surface area (Å²) in [4.78, 5) is 4.29. The number of ether oxygens (including phenoxy) is 2. The van der Waals surface area contributed by atoms with Crippen LogP contribution in [-0.4, -0.2) is 42.6 Å². The lowest BCUT2D eigenvalue weighted by Gasteiger charge is -2.11. The molecule has 0 bridgehead atoms. The van der Waals surface area contributed by atoms with Crippen molar-refractivity contribution in [1.29, 1.82) is 0 Å². The van der Waals surface area contributed by atoms with Crippen molar-refractivity contribution in [1.82, 2.24) is 19.9 Å². The van der Waals surface area contributed by atoms with Crippen LogP contribution in [-0.2, 0) is 16.6 Å². The van der Waals surface area contributed by atoms with E-state index >= 15 is 0 Å². The third-order valence-electron chi connectivity index (χ3n) is 4.81. The van der Waals surface area contributed by atoms with Crippen molar-refractivity contribution in [2.45, 2.75) is 11.4 Å². The standard InChI is InChI=1S/C20H17N5O6S/c1-28-14-5-4-12-6-9-30-17(12)18(14)32(26,27)24-19-16-15(31-23-19)10-13(22-20(16)29-2)11-25-8-3-7-21-25/h3-10H,11H2,1-2H3,(H,23,24). The molecule has 0 aliphatic heterocycles. The second-order valence-electron chi connectivity index (χ2n) is 6.77. The average molecular weight is 455 g/mol. The number of fused-ring (bicyclic) bond motifs is 2. The molecule has 0 fully saturated rings. The topological polar surface area (TPSA) is 135 Å². The van der Waals surface area contributed by atoms with E-state index in [1.54, 1.807) is 47.4 Å². The van der Waals surface area contributed by atoms with Crippen molar-refractivity contribution in [3.63, 3.8) is 0 Å². The van der Waals surface area contributed by atoms with Gasteiger partial charge in [0.25, 0.3) is 10.0 Å². The zero-order valence-corrected chi connectivity index (χ0v) is 17.8. The van der Waals surface area contributed by atoms with Crippen LogP contribution in [0.3, 0.4) is 0 Å². The minimum atomic E-state index is -4.18. The van der Waals surface area contributed by atoms with Gasteiger partial charge < -0.3 is 18.4 Å². The molecule has 0 aliphatic carbocycles. The fourth-order valence-corrected chi connectivity index (χ4v) is 4.74. The summed E-state index contributed by atoms with van der Waals surface area (Å²) in [6.07, 6.45) is 4.86. The van der Waals surface area contributed by atoms with E-state index in [1.165, 1.54) is 20.5 Å². The molecule has 0 aliphatic rings. The van der Waals surface area contributed by atoms with Crippen LogP contribution in [0.2, 0.25) is 0 Å². The second kappa shape index (κ2) is 7.57. The highest BCUT2D eigenvalue weighted by molar-refractivity contribution is 7.93. The third kappa shape index (κ3) is 3.30. The van der Waals surface area contributed by atoms with E-state index in [9.17, 15) is 8.42 Å². The van der Waals surface area contributed by atoms with Gasteiger partial charge in [0, 0.05) is 23.8 Å². The third-order valence-corrected chi connectivity index (χ3v) is 6.20. The van der Waals surface area contributed by atoms with E-state index in [0.29, 0.717) is 23.2 Å². The van der Waals surface area contributed by atoms with Crippen molar-refractivity contribution < 1.29 is 26.8 Å². The molecule has 0 amide bonds. The first kappa shape index (κ1) is 19.9. The van der Waals surface area contributed by atoms with E-state index in [4.69, 9.17) is 18.4 Å². The van der Waals surface area contributed by atoms with Gasteiger partial charge >= 0.3 is 0 Å². The smallest absolute Gasteiger partial charge is 0.270 e. The Morgan fingerprint density at radius 3 is 2.81 bits per heavy atom. The second-order valence-corrected chi connectivity index (χ2v) is 8.39. The molecule has 0 radical (unpaired) electrons. The maximum atomic E-state index is 13.3. The van der Waals surface area contributed by atoms with Crippen LogP contribution < -0.4 is 14.2 Å². The van der Waals surface area contributed by atoms with Gasteiger partial charge in [0.1, 0.15) is 11.1 Å². The van der Waals surface area contributed by atoms with Crippen LogP contribution in [0.1, 0.15) is 5.69 Å². The van der Waals surface area contributed by atoms with Gasteiger partial charge in [0.05, 0.1) is 32.7 Å². The lowest BCUT2D eigenvalue weighted by molar-refractivity contribution is 0.400. The summed E-state index contributed by atoms with van der Waals surface area (Å²) in [7, 11) is -1.37. The Balaban J connectivity index is 1.58. The van der Waals surface area contributed by atoms with Crippen molar-refractivity contribution in [3.8, 4) is 11.6 Å². The van der Waals surface area contributed by atoms with Gasteiger partial charge in [0.2, 0.25) is 5.88 Å². The predicted octanol–water partition coefficient (Wildman–Crippen LogP) is 3.03. The highest BCUT2D eigenvalue weighted by atomic mass is 32.2. The van der Waals surface area contributed by atoms with Crippen LogP contribution in [0, 0.1) is 0 Å². The van der Waals surface area contributed by atoms with Crippen LogP contribution in [0.25, 0.3) is 21.9 Å². The Kier molecular flexibility index (Phi) is 4.70. The molecule has 0 atom stereocenters. The Bertz CT molecular complexity index is 1520. The number of nitrogens with zero attached hydrogens (tertiary/aromatic N) is 4. The maximum absolute atomic E-state index is 13.3. The Hall–Kier alpha value is -4.06. The lowest BCUT2D eigenvalue weighted by atomic mass is 10.2. The molecular weight excluding hydrogens is 438 g/mol. The predicted molar refractivity (Wildman–Crippen MR) is 113 cm³/mol. The first-order valence-electron chi connectivity index (χ1n) is 9.38. The number of pyridine rings is 1. The summed E-state index contributed by atoms with van der Waals surface area (Å²) in [6, 6.07) is 8.36. The number of nitrogens with one attached hydrogen (secondary N) is 1. The van der Waals surface area contributed by atoms with E-state index in [-0.39, 0.29) is 33.3 Å². The van der Waals surface area contributed by atoms with Crippen LogP contribution in [0.5, 0.6) is 11.6 Å². The number of aromatic nitrogens is 4. The monoisotopic (exact) mass is 455 g/mol. The van der Waals surface area contributed by atoms with Crippen molar-refractivity contribution in [2.24, 2.45) is 0 Å². The summed E-state index contributed by atoms with van der Waals surface area (Å²) in [6.45, 7) is 0.374. The Labute approximate surface area is 181 Å². The summed E-state index contributed by atoms with van der Waals surface area (Å²) in [5.74, 6) is 0.215. The van der Waals surface area contributed by atoms with Gasteiger partial charge in [-0.25, -0.2) is 13.4 Å². The fourth-order valence-electron chi connectivity index (χ4n) is 3.42. The molecule has 5 rings (SSSR count). The van der Waals surface area contributed by atoms with E-state index < -0.39 is 10.0 Å². The summed E-state index contributed by atoms with van der Waals surface area (Å²) >= 11 is 0. The van der Waals surface area contributed by atoms with E-state index in [1.807, 2.05) is 0 Å². The fraction of sp³-hybridized carbons (Fsp3) is 0.150. The van der Waals surface area contributed by atoms with Gasteiger partial charge in [-0.05, 0) is 24.3 Å². The van der Waals surface area contributed by atoms with E-state index in [2.05, 4.69) is 20.0 Å². The molecule has 0 saturated heterocycles. The molecule has 1 aromatic carbocycles. The van der Waals surface area contributed by atoms with Crippen molar-refractivity contribution in [3.05, 3.63) is 54.7 Å². The molecule has 0 unspecified atom stereocenters. The highest BCUT2D eigenvalue weighted by Crippen LogP contribution is 2.37. The summed E-state index contributed by atoms with van der Waals surface area (Å²) in [5, 5.41) is 8.94. The first-order valence-corrected chi connectivity index (χ1v) is 10.9. The zero-order chi connectivity index (χ0) is 22.3. The molecule has 32 heavy (non-hydrogen) atoms. The lowest BCUT2D eigenvalue weighted by Crippen LogP contribution is -2.15. The van der Waals surface area contributed by atoms with Gasteiger partial charge in [-0.2, -0.15) is 5.10 Å². The number of hydrogen-bond donors (Lipinski definition) is 1. The number of furan rings is 1. The molecule has 1 N–H and O–H groups in total. The Morgan fingerprint density at radius 1 is 1.19 bits per heavy atom. The minimum Gasteiger partial charge on any atom is -0.495 e. The summed E-state index contributed by atoms with van der Waals surface area (Å²) in [5.41, 5.74) is 1.07. The molecule has 12 heteroatoms. The summed E-state index contributed by atoms with van der Waals surface area (Å²) < 4.78 is 52.2. The number of rotatable bonds is 7. The average Bonchev–Trinajstić information content (AvgIpc) is 3.53. The number of benzene rings is 1. The zero-order valence-electron chi connectivity index (χ0n) is 17.0. The number of sulfonamides is 1. The molecule has 5 aromatic rings. The quantitative estimate of drug-likeness (QED) is 0.393. The molecule has 164 valence electrons. The van der Waals surface area contributed by atoms with Crippen LogP contribution >= 0.6 is 0 Å². The first-order chi connectivity index (χ1) is 15.5. The number of hydrogen-bond acceptors (Lipinski definition) is 9. The highest BCUT2D eigenvalue weighted by Gasteiger charge is 2.28. The van der Waals surface area contributed by atoms with Crippen LogP contribution in [0.15, 0.2) is 62.8 Å².